The first-order valence-electron chi connectivity index (χ1n) is 4.38. The molecule has 0 radical (unpaired) electrons. The summed E-state index contributed by atoms with van der Waals surface area (Å²) < 4.78 is 22.9. The molecule has 2 rings (SSSR count). The normalized spacial score (nSPS) is 11.2. The first kappa shape index (κ1) is 11.1. The standard InChI is InChI=1S/C9H5N3O4S/c10-6-17(15,16)9-5-11(13)7-3-1-2-4-8(7)12(9)14/h1-5H. The van der Waals surface area contributed by atoms with Crippen LogP contribution >= 0.6 is 0 Å². The Kier molecular flexibility index (Phi) is 2.33. The van der Waals surface area contributed by atoms with Crippen LogP contribution in [0.5, 0.6) is 0 Å². The predicted octanol–water partition coefficient (Wildman–Crippen LogP) is 0.156. The SMILES string of the molecule is N#CS(=O)(=O)c1c[n+](=O)c2ccccc2n1[O-]. The topological polar surface area (TPSA) is 109 Å². The van der Waals surface area contributed by atoms with Gasteiger partial charge >= 0.3 is 0 Å². The Balaban J connectivity index is 3.02. The van der Waals surface area contributed by atoms with E-state index in [0.717, 1.165) is 5.40 Å². The van der Waals surface area contributed by atoms with E-state index >= 15 is 0 Å². The summed E-state index contributed by atoms with van der Waals surface area (Å²) in [6, 6.07) is 5.70. The van der Waals surface area contributed by atoms with E-state index in [1.807, 2.05) is 0 Å². The molecule has 0 aliphatic heterocycles. The van der Waals surface area contributed by atoms with Crippen LogP contribution in [0.3, 0.4) is 0 Å². The number of para-hydroxylation sites is 2. The molecule has 0 fully saturated rings. The third-order valence-corrected chi connectivity index (χ3v) is 3.22. The van der Waals surface area contributed by atoms with Crippen molar-refractivity contribution in [2.75, 3.05) is 0 Å². The van der Waals surface area contributed by atoms with Crippen molar-refractivity contribution in [1.82, 2.24) is 4.73 Å². The van der Waals surface area contributed by atoms with Gasteiger partial charge in [-0.3, -0.25) is 0 Å². The molecule has 0 atom stereocenters. The van der Waals surface area contributed by atoms with Gasteiger partial charge in [0.05, 0.1) is 4.43 Å². The first-order chi connectivity index (χ1) is 7.97. The van der Waals surface area contributed by atoms with Crippen molar-refractivity contribution in [3.05, 3.63) is 40.6 Å². The molecule has 0 bridgehead atoms. The molecule has 0 aliphatic carbocycles. The van der Waals surface area contributed by atoms with Crippen molar-refractivity contribution in [3.8, 4) is 5.40 Å². The summed E-state index contributed by atoms with van der Waals surface area (Å²) in [5, 5.41) is 20.3. The number of rotatable bonds is 1. The number of hydrogen-bond donors (Lipinski definition) is 0. The number of aromatic nitrogens is 2. The number of thiocyanates is 1. The molecule has 86 valence electrons. The Morgan fingerprint density at radius 2 is 2.00 bits per heavy atom. The summed E-state index contributed by atoms with van der Waals surface area (Å²) in [6.45, 7) is 0. The van der Waals surface area contributed by atoms with E-state index in [9.17, 15) is 18.5 Å². The maximum atomic E-state index is 11.7. The minimum absolute atomic E-state index is 0.0272. The zero-order valence-corrected chi connectivity index (χ0v) is 9.09. The minimum Gasteiger partial charge on any atom is -0.804 e. The zero-order valence-electron chi connectivity index (χ0n) is 8.27. The molecule has 0 saturated carbocycles. The molecule has 0 amide bonds. The van der Waals surface area contributed by atoms with Gasteiger partial charge < -0.3 is 9.94 Å². The van der Waals surface area contributed by atoms with Crippen LogP contribution in [-0.4, -0.2) is 13.1 Å². The summed E-state index contributed by atoms with van der Waals surface area (Å²) in [5.41, 5.74) is -0.0850. The molecule has 2 aromatic rings. The lowest BCUT2D eigenvalue weighted by Crippen LogP contribution is -2.21. The summed E-state index contributed by atoms with van der Waals surface area (Å²) >= 11 is 0. The highest BCUT2D eigenvalue weighted by molar-refractivity contribution is 7.95. The Morgan fingerprint density at radius 1 is 1.35 bits per heavy atom. The van der Waals surface area contributed by atoms with Crippen molar-refractivity contribution in [1.29, 1.82) is 5.26 Å². The van der Waals surface area contributed by atoms with E-state index < -0.39 is 14.9 Å². The highest BCUT2D eigenvalue weighted by Gasteiger charge is 2.22. The number of nitrogens with zero attached hydrogens (tertiary/aromatic N) is 3. The van der Waals surface area contributed by atoms with Crippen LogP contribution in [0.2, 0.25) is 0 Å². The fourth-order valence-corrected chi connectivity index (χ4v) is 2.03. The molecule has 0 aliphatic rings. The first-order valence-corrected chi connectivity index (χ1v) is 5.86. The molecular weight excluding hydrogens is 246 g/mol. The highest BCUT2D eigenvalue weighted by atomic mass is 32.2. The molecule has 1 aromatic heterocycles. The average molecular weight is 251 g/mol. The van der Waals surface area contributed by atoms with Gasteiger partial charge in [-0.05, 0) is 6.07 Å². The minimum atomic E-state index is -4.41. The molecule has 1 aromatic carbocycles. The smallest absolute Gasteiger partial charge is 0.291 e. The maximum Gasteiger partial charge on any atom is 0.291 e. The third-order valence-electron chi connectivity index (χ3n) is 2.16. The number of nitriles is 1. The Labute approximate surface area is 95.2 Å². The molecule has 0 spiro atoms. The van der Waals surface area contributed by atoms with Gasteiger partial charge in [0.2, 0.25) is 10.4 Å². The number of benzene rings is 1. The Hall–Kier alpha value is -2.40. The van der Waals surface area contributed by atoms with Crippen molar-refractivity contribution < 1.29 is 12.8 Å². The second-order valence-corrected chi connectivity index (χ2v) is 4.78. The molecule has 17 heavy (non-hydrogen) atoms. The van der Waals surface area contributed by atoms with Crippen LogP contribution in [-0.2, 0) is 9.84 Å². The third kappa shape index (κ3) is 1.62. The zero-order chi connectivity index (χ0) is 12.6. The molecule has 8 heteroatoms. The number of sulfone groups is 1. The van der Waals surface area contributed by atoms with Crippen LogP contribution in [0.15, 0.2) is 35.5 Å². The fraction of sp³-hybridized carbons (Fsp3) is 0. The van der Waals surface area contributed by atoms with Gasteiger partial charge in [0.1, 0.15) is 5.52 Å². The molecule has 1 heterocycles. The van der Waals surface area contributed by atoms with Crippen LogP contribution in [0.1, 0.15) is 0 Å². The lowest BCUT2D eigenvalue weighted by atomic mass is 10.3. The quantitative estimate of drug-likeness (QED) is 0.407. The number of hydrogen-bond acceptors (Lipinski definition) is 5. The molecule has 0 unspecified atom stereocenters. The fourth-order valence-electron chi connectivity index (χ4n) is 1.39. The van der Waals surface area contributed by atoms with E-state index in [2.05, 4.69) is 0 Å². The lowest BCUT2D eigenvalue weighted by Gasteiger charge is -2.13. The summed E-state index contributed by atoms with van der Waals surface area (Å²) in [7, 11) is -4.41. The number of fused-ring (bicyclic) bond motifs is 1. The largest absolute Gasteiger partial charge is 0.804 e. The highest BCUT2D eigenvalue weighted by Crippen LogP contribution is 2.14. The van der Waals surface area contributed by atoms with Gasteiger partial charge in [0, 0.05) is 11.0 Å². The van der Waals surface area contributed by atoms with Gasteiger partial charge in [-0.1, -0.05) is 12.1 Å². The van der Waals surface area contributed by atoms with E-state index in [0.29, 0.717) is 6.20 Å². The maximum absolute atomic E-state index is 11.7. The second-order valence-electron chi connectivity index (χ2n) is 3.17. The van der Waals surface area contributed by atoms with Crippen molar-refractivity contribution in [2.45, 2.75) is 5.03 Å². The molecular formula is C9H5N3O4S. The molecule has 0 N–H and O–H groups in total. The average Bonchev–Trinajstić information content (AvgIpc) is 2.33. The summed E-state index contributed by atoms with van der Waals surface area (Å²) in [5.74, 6) is 0. The molecule has 0 saturated heterocycles. The predicted molar refractivity (Wildman–Crippen MR) is 56.9 cm³/mol. The van der Waals surface area contributed by atoms with Crippen LogP contribution in [0.25, 0.3) is 11.0 Å². The Morgan fingerprint density at radius 3 is 2.65 bits per heavy atom. The van der Waals surface area contributed by atoms with E-state index in [4.69, 9.17) is 5.26 Å². The lowest BCUT2D eigenvalue weighted by molar-refractivity contribution is -0.467. The van der Waals surface area contributed by atoms with Crippen molar-refractivity contribution >= 4 is 20.9 Å². The second kappa shape index (κ2) is 3.57. The van der Waals surface area contributed by atoms with Gasteiger partial charge in [-0.25, -0.2) is 8.42 Å². The van der Waals surface area contributed by atoms with Gasteiger partial charge in [-0.15, -0.1) is 0 Å². The van der Waals surface area contributed by atoms with Crippen LogP contribution in [0, 0.1) is 20.8 Å². The van der Waals surface area contributed by atoms with Crippen LogP contribution < -0.4 is 4.43 Å². The van der Waals surface area contributed by atoms with Crippen LogP contribution in [0.4, 0.5) is 0 Å². The molecule has 7 nitrogen and oxygen atoms in total. The van der Waals surface area contributed by atoms with Crippen molar-refractivity contribution in [2.24, 2.45) is 0 Å². The summed E-state index contributed by atoms with van der Waals surface area (Å²) in [6.07, 6.45) is 0.577. The van der Waals surface area contributed by atoms with Crippen molar-refractivity contribution in [3.63, 3.8) is 0 Å². The monoisotopic (exact) mass is 251 g/mol. The summed E-state index contributed by atoms with van der Waals surface area (Å²) in [4.78, 5) is 11.5. The Bertz CT molecular complexity index is 801. The van der Waals surface area contributed by atoms with E-state index in [1.54, 1.807) is 0 Å². The van der Waals surface area contributed by atoms with E-state index in [1.165, 1.54) is 24.3 Å². The van der Waals surface area contributed by atoms with Gasteiger partial charge in [-0.2, -0.15) is 5.26 Å². The van der Waals surface area contributed by atoms with Gasteiger partial charge in [0.15, 0.2) is 0 Å². The van der Waals surface area contributed by atoms with Gasteiger partial charge in [0.25, 0.3) is 21.6 Å². The van der Waals surface area contributed by atoms with E-state index in [-0.39, 0.29) is 20.2 Å².